The molecule has 2 bridgehead atoms. The number of nitrogens with one attached hydrogen (secondary N) is 1. The number of carbonyl (C=O) groups is 2. The zero-order valence-corrected chi connectivity index (χ0v) is 25.1. The SMILES string of the molecule is O=C(O)c1ccc(NC(=O)N2C3CCC2CC(OCc2c(-c4c(Cl)cccc4Cl)noc2C2CC2)C3)cc1-c1cncnc1. The van der Waals surface area contributed by atoms with Gasteiger partial charge in [-0.25, -0.2) is 19.6 Å². The molecule has 2 N–H and O–H groups in total. The molecule has 2 saturated heterocycles. The first kappa shape index (κ1) is 28.8. The summed E-state index contributed by atoms with van der Waals surface area (Å²) in [4.78, 5) is 35.3. The predicted molar refractivity (Wildman–Crippen MR) is 164 cm³/mol. The summed E-state index contributed by atoms with van der Waals surface area (Å²) in [7, 11) is 0. The third-order valence-corrected chi connectivity index (χ3v) is 9.36. The van der Waals surface area contributed by atoms with Gasteiger partial charge in [0.1, 0.15) is 17.8 Å². The number of fused-ring (bicyclic) bond motifs is 2. The number of carboxylic acid groups (broad SMARTS) is 1. The summed E-state index contributed by atoms with van der Waals surface area (Å²) in [6.07, 6.45) is 9.74. The molecule has 3 aliphatic rings. The monoisotopic (exact) mass is 633 g/mol. The number of ether oxygens (including phenoxy) is 1. The lowest BCUT2D eigenvalue weighted by Crippen LogP contribution is -2.50. The van der Waals surface area contributed by atoms with E-state index in [0.29, 0.717) is 63.5 Å². The minimum atomic E-state index is -1.07. The fourth-order valence-corrected chi connectivity index (χ4v) is 7.09. The summed E-state index contributed by atoms with van der Waals surface area (Å²) in [5, 5.41) is 18.1. The molecule has 2 amide bonds. The fraction of sp³-hybridized carbons (Fsp3) is 0.344. The number of hydrogen-bond donors (Lipinski definition) is 2. The number of aromatic nitrogens is 3. The van der Waals surface area contributed by atoms with Crippen molar-refractivity contribution in [1.29, 1.82) is 0 Å². The number of amides is 2. The second-order valence-electron chi connectivity index (χ2n) is 11.6. The largest absolute Gasteiger partial charge is 0.478 e. The van der Waals surface area contributed by atoms with Crippen LogP contribution in [0.4, 0.5) is 10.5 Å². The topological polar surface area (TPSA) is 131 Å². The third-order valence-electron chi connectivity index (χ3n) is 8.73. The van der Waals surface area contributed by atoms with Gasteiger partial charge in [-0.2, -0.15) is 0 Å². The normalized spacial score (nSPS) is 21.0. The second kappa shape index (κ2) is 11.8. The summed E-state index contributed by atoms with van der Waals surface area (Å²) in [5.74, 6) is 0.0999. The van der Waals surface area contributed by atoms with E-state index in [-0.39, 0.29) is 29.8 Å². The van der Waals surface area contributed by atoms with Crippen molar-refractivity contribution in [2.45, 2.75) is 69.2 Å². The highest BCUT2D eigenvalue weighted by atomic mass is 35.5. The minimum absolute atomic E-state index is 0.0295. The molecule has 4 aromatic rings. The van der Waals surface area contributed by atoms with Gasteiger partial charge in [-0.05, 0) is 68.9 Å². The summed E-state index contributed by atoms with van der Waals surface area (Å²) >= 11 is 13.0. The maximum absolute atomic E-state index is 13.5. The minimum Gasteiger partial charge on any atom is -0.478 e. The van der Waals surface area contributed by atoms with E-state index < -0.39 is 5.97 Å². The molecular formula is C32H29Cl2N5O5. The Morgan fingerprint density at radius 1 is 1.02 bits per heavy atom. The van der Waals surface area contributed by atoms with Gasteiger partial charge in [0.05, 0.1) is 28.3 Å². The molecule has 226 valence electrons. The Balaban J connectivity index is 1.05. The maximum Gasteiger partial charge on any atom is 0.336 e. The first-order chi connectivity index (χ1) is 21.4. The van der Waals surface area contributed by atoms with Crippen molar-refractivity contribution < 1.29 is 24.0 Å². The molecular weight excluding hydrogens is 605 g/mol. The molecule has 1 aliphatic carbocycles. The molecule has 2 aromatic carbocycles. The molecule has 10 nitrogen and oxygen atoms in total. The van der Waals surface area contributed by atoms with Gasteiger partial charge in [-0.15, -0.1) is 0 Å². The Kier molecular flexibility index (Phi) is 7.74. The van der Waals surface area contributed by atoms with Gasteiger partial charge in [0.2, 0.25) is 0 Å². The Morgan fingerprint density at radius 3 is 2.39 bits per heavy atom. The molecule has 2 unspecified atom stereocenters. The van der Waals surface area contributed by atoms with E-state index in [4.69, 9.17) is 32.5 Å². The summed E-state index contributed by atoms with van der Waals surface area (Å²) in [5.41, 5.74) is 3.75. The molecule has 0 spiro atoms. The van der Waals surface area contributed by atoms with Gasteiger partial charge in [0, 0.05) is 58.3 Å². The van der Waals surface area contributed by atoms with Crippen LogP contribution in [0.25, 0.3) is 22.4 Å². The van der Waals surface area contributed by atoms with Crippen LogP contribution >= 0.6 is 23.2 Å². The van der Waals surface area contributed by atoms with Crippen LogP contribution in [0.3, 0.4) is 0 Å². The van der Waals surface area contributed by atoms with E-state index in [1.54, 1.807) is 42.7 Å². The molecule has 1 saturated carbocycles. The number of anilines is 1. The smallest absolute Gasteiger partial charge is 0.336 e. The van der Waals surface area contributed by atoms with Crippen LogP contribution in [0.2, 0.25) is 10.0 Å². The number of halogens is 2. The number of carbonyl (C=O) groups excluding carboxylic acids is 1. The number of aromatic carboxylic acids is 1. The lowest BCUT2D eigenvalue weighted by Gasteiger charge is -2.38. The molecule has 3 fully saturated rings. The Morgan fingerprint density at radius 2 is 1.73 bits per heavy atom. The van der Waals surface area contributed by atoms with Crippen LogP contribution in [-0.4, -0.2) is 55.3 Å². The third kappa shape index (κ3) is 5.53. The number of benzene rings is 2. The average Bonchev–Trinajstić information content (AvgIpc) is 3.72. The van der Waals surface area contributed by atoms with Gasteiger partial charge < -0.3 is 24.6 Å². The second-order valence-corrected chi connectivity index (χ2v) is 12.4. The van der Waals surface area contributed by atoms with Crippen molar-refractivity contribution in [1.82, 2.24) is 20.0 Å². The summed E-state index contributed by atoms with van der Waals surface area (Å²) < 4.78 is 12.3. The van der Waals surface area contributed by atoms with E-state index in [0.717, 1.165) is 37.0 Å². The number of hydrogen-bond acceptors (Lipinski definition) is 7. The molecule has 0 radical (unpaired) electrons. The van der Waals surface area contributed by atoms with Crippen LogP contribution in [0.1, 0.15) is 66.1 Å². The van der Waals surface area contributed by atoms with Crippen LogP contribution in [0.5, 0.6) is 0 Å². The van der Waals surface area contributed by atoms with Gasteiger partial charge in [-0.1, -0.05) is 34.4 Å². The van der Waals surface area contributed by atoms with Crippen molar-refractivity contribution in [2.75, 3.05) is 5.32 Å². The highest BCUT2D eigenvalue weighted by molar-refractivity contribution is 6.39. The molecule has 2 aliphatic heterocycles. The van der Waals surface area contributed by atoms with Crippen LogP contribution < -0.4 is 5.32 Å². The quantitative estimate of drug-likeness (QED) is 0.205. The first-order valence-electron chi connectivity index (χ1n) is 14.6. The standard InChI is InChI=1S/C32H29Cl2N5O5/c33-26-2-1-3-27(34)28(26)29-25(30(44-38-29)17-4-5-17)15-43-22-11-20-7-8-21(12-22)39(20)32(42)37-19-6-9-23(31(40)41)24(10-19)18-13-35-16-36-14-18/h1-3,6,9-10,13-14,16-17,20-22H,4-5,7-8,11-12,15H2,(H,37,42)(H,40,41). The number of rotatable bonds is 8. The zero-order chi connectivity index (χ0) is 30.4. The summed E-state index contributed by atoms with van der Waals surface area (Å²) in [6.45, 7) is 0.324. The van der Waals surface area contributed by atoms with E-state index in [1.165, 1.54) is 12.4 Å². The van der Waals surface area contributed by atoms with Crippen molar-refractivity contribution in [3.63, 3.8) is 0 Å². The van der Waals surface area contributed by atoms with Crippen LogP contribution in [-0.2, 0) is 11.3 Å². The van der Waals surface area contributed by atoms with Crippen molar-refractivity contribution >= 4 is 40.9 Å². The number of piperidine rings is 1. The Labute approximate surface area is 263 Å². The fourth-order valence-electron chi connectivity index (χ4n) is 6.52. The van der Waals surface area contributed by atoms with Crippen molar-refractivity contribution in [3.05, 3.63) is 82.1 Å². The Bertz CT molecular complexity index is 1690. The molecule has 12 heteroatoms. The highest BCUT2D eigenvalue weighted by Gasteiger charge is 2.44. The Hall–Kier alpha value is -3.99. The van der Waals surface area contributed by atoms with Gasteiger partial charge in [0.15, 0.2) is 0 Å². The van der Waals surface area contributed by atoms with Crippen molar-refractivity contribution in [2.24, 2.45) is 0 Å². The highest BCUT2D eigenvalue weighted by Crippen LogP contribution is 2.46. The molecule has 4 heterocycles. The average molecular weight is 635 g/mol. The van der Waals surface area contributed by atoms with E-state index in [1.807, 2.05) is 4.90 Å². The maximum atomic E-state index is 13.5. The van der Waals surface area contributed by atoms with Gasteiger partial charge in [0.25, 0.3) is 0 Å². The van der Waals surface area contributed by atoms with Crippen LogP contribution in [0, 0.1) is 0 Å². The predicted octanol–water partition coefficient (Wildman–Crippen LogP) is 7.43. The van der Waals surface area contributed by atoms with E-state index in [9.17, 15) is 14.7 Å². The molecule has 7 rings (SSSR count). The van der Waals surface area contributed by atoms with E-state index >= 15 is 0 Å². The summed E-state index contributed by atoms with van der Waals surface area (Å²) in [6, 6.07) is 9.96. The number of urea groups is 1. The first-order valence-corrected chi connectivity index (χ1v) is 15.4. The van der Waals surface area contributed by atoms with Gasteiger partial charge >= 0.3 is 12.0 Å². The number of nitrogens with zero attached hydrogens (tertiary/aromatic N) is 4. The molecule has 44 heavy (non-hydrogen) atoms. The molecule has 2 aromatic heterocycles. The molecule has 2 atom stereocenters. The van der Waals surface area contributed by atoms with Crippen LogP contribution in [0.15, 0.2) is 59.6 Å². The lowest BCUT2D eigenvalue weighted by atomic mass is 9.99. The lowest BCUT2D eigenvalue weighted by molar-refractivity contribution is -0.0158. The van der Waals surface area contributed by atoms with E-state index in [2.05, 4.69) is 20.4 Å². The van der Waals surface area contributed by atoms with Gasteiger partial charge in [-0.3, -0.25) is 0 Å². The zero-order valence-electron chi connectivity index (χ0n) is 23.6. The number of carboxylic acids is 1. The van der Waals surface area contributed by atoms with Crippen molar-refractivity contribution in [3.8, 4) is 22.4 Å².